The first-order valence-electron chi connectivity index (χ1n) is 8.54. The standard InChI is InChI=1S/C17H23N5O2S/c1-11-4-5-14(24-11)13(22-6-8-23-9-7-22)10-18-17-19-16-15(25-17)12(2)20-21(16)3/h4-5,13H,6-10H2,1-3H3,(H,18,19)/t13-/m0/s1. The SMILES string of the molecule is Cc1ccc([C@H](CNc2nc3c(s2)c(C)nn3C)N2CCOCC2)o1. The Bertz CT molecular complexity index is 827. The van der Waals surface area contributed by atoms with Crippen molar-refractivity contribution >= 4 is 26.8 Å². The van der Waals surface area contributed by atoms with Gasteiger partial charge in [0.1, 0.15) is 11.5 Å². The van der Waals surface area contributed by atoms with Gasteiger partial charge in [0.2, 0.25) is 0 Å². The number of ether oxygens (including phenoxy) is 1. The van der Waals surface area contributed by atoms with Crippen LogP contribution in [0.5, 0.6) is 0 Å². The van der Waals surface area contributed by atoms with Gasteiger partial charge in [-0.05, 0) is 26.0 Å². The second-order valence-corrected chi connectivity index (χ2v) is 7.37. The van der Waals surface area contributed by atoms with Gasteiger partial charge >= 0.3 is 0 Å². The van der Waals surface area contributed by atoms with Gasteiger partial charge in [-0.2, -0.15) is 5.10 Å². The number of thiazole rings is 1. The molecule has 0 bridgehead atoms. The molecule has 0 aromatic carbocycles. The van der Waals surface area contributed by atoms with Crippen LogP contribution in [-0.4, -0.2) is 52.5 Å². The molecule has 8 heteroatoms. The highest BCUT2D eigenvalue weighted by Crippen LogP contribution is 2.30. The minimum atomic E-state index is 0.170. The van der Waals surface area contributed by atoms with Crippen molar-refractivity contribution in [1.29, 1.82) is 0 Å². The van der Waals surface area contributed by atoms with Crippen LogP contribution in [0.4, 0.5) is 5.13 Å². The normalized spacial score (nSPS) is 17.2. The van der Waals surface area contributed by atoms with Gasteiger partial charge in [-0.3, -0.25) is 4.90 Å². The fourth-order valence-corrected chi connectivity index (χ4v) is 4.21. The third kappa shape index (κ3) is 3.29. The Kier molecular flexibility index (Phi) is 4.49. The van der Waals surface area contributed by atoms with E-state index in [9.17, 15) is 0 Å². The molecule has 3 aromatic heterocycles. The summed E-state index contributed by atoms with van der Waals surface area (Å²) in [6, 6.07) is 4.27. The zero-order chi connectivity index (χ0) is 17.4. The number of rotatable bonds is 5. The van der Waals surface area contributed by atoms with Crippen molar-refractivity contribution < 1.29 is 9.15 Å². The van der Waals surface area contributed by atoms with Crippen molar-refractivity contribution in [3.63, 3.8) is 0 Å². The summed E-state index contributed by atoms with van der Waals surface area (Å²) < 4.78 is 14.4. The Morgan fingerprint density at radius 3 is 2.76 bits per heavy atom. The van der Waals surface area contributed by atoms with E-state index in [0.717, 1.165) is 65.5 Å². The maximum absolute atomic E-state index is 5.92. The lowest BCUT2D eigenvalue weighted by Gasteiger charge is -2.33. The molecule has 1 saturated heterocycles. The summed E-state index contributed by atoms with van der Waals surface area (Å²) >= 11 is 1.65. The van der Waals surface area contributed by atoms with Crippen LogP contribution in [0.2, 0.25) is 0 Å². The molecule has 4 rings (SSSR count). The highest BCUT2D eigenvalue weighted by atomic mass is 32.1. The number of morpholine rings is 1. The van der Waals surface area contributed by atoms with E-state index < -0.39 is 0 Å². The summed E-state index contributed by atoms with van der Waals surface area (Å²) in [5, 5.41) is 8.84. The molecule has 0 saturated carbocycles. The van der Waals surface area contributed by atoms with Crippen molar-refractivity contribution in [3.8, 4) is 0 Å². The summed E-state index contributed by atoms with van der Waals surface area (Å²) in [4.78, 5) is 7.09. The minimum Gasteiger partial charge on any atom is -0.465 e. The molecular formula is C17H23N5O2S. The van der Waals surface area contributed by atoms with E-state index in [4.69, 9.17) is 9.15 Å². The molecule has 1 atom stereocenters. The quantitative estimate of drug-likeness (QED) is 0.754. The molecule has 1 N–H and O–H groups in total. The molecule has 25 heavy (non-hydrogen) atoms. The molecule has 1 aliphatic rings. The summed E-state index contributed by atoms with van der Waals surface area (Å²) in [6.45, 7) is 8.11. The number of anilines is 1. The first-order valence-corrected chi connectivity index (χ1v) is 9.35. The van der Waals surface area contributed by atoms with Gasteiger partial charge in [0.05, 0.1) is 29.6 Å². The molecule has 0 radical (unpaired) electrons. The van der Waals surface area contributed by atoms with Crippen LogP contribution < -0.4 is 5.32 Å². The number of aromatic nitrogens is 3. The second-order valence-electron chi connectivity index (χ2n) is 6.37. The predicted molar refractivity (Wildman–Crippen MR) is 98.2 cm³/mol. The second kappa shape index (κ2) is 6.78. The number of fused-ring (bicyclic) bond motifs is 1. The molecule has 1 aliphatic heterocycles. The molecule has 3 aromatic rings. The third-order valence-electron chi connectivity index (χ3n) is 4.57. The molecule has 0 amide bonds. The molecule has 0 unspecified atom stereocenters. The molecule has 134 valence electrons. The Hall–Kier alpha value is -1.90. The number of hydrogen-bond donors (Lipinski definition) is 1. The summed E-state index contributed by atoms with van der Waals surface area (Å²) in [5.74, 6) is 1.93. The maximum Gasteiger partial charge on any atom is 0.185 e. The first kappa shape index (κ1) is 16.6. The number of aryl methyl sites for hydroxylation is 3. The number of nitrogens with zero attached hydrogens (tertiary/aromatic N) is 4. The monoisotopic (exact) mass is 361 g/mol. The van der Waals surface area contributed by atoms with Gasteiger partial charge in [-0.1, -0.05) is 11.3 Å². The molecule has 4 heterocycles. The lowest BCUT2D eigenvalue weighted by Crippen LogP contribution is -2.41. The predicted octanol–water partition coefficient (Wildman–Crippen LogP) is 2.73. The Labute approximate surface area is 150 Å². The number of nitrogens with one attached hydrogen (secondary N) is 1. The van der Waals surface area contributed by atoms with Gasteiger partial charge < -0.3 is 14.5 Å². The topological polar surface area (TPSA) is 68.4 Å². The zero-order valence-electron chi connectivity index (χ0n) is 14.8. The van der Waals surface area contributed by atoms with Crippen molar-refractivity contribution in [2.24, 2.45) is 7.05 Å². The largest absolute Gasteiger partial charge is 0.465 e. The van der Waals surface area contributed by atoms with Crippen LogP contribution in [0.25, 0.3) is 10.3 Å². The highest BCUT2D eigenvalue weighted by Gasteiger charge is 2.25. The Morgan fingerprint density at radius 1 is 1.28 bits per heavy atom. The van der Waals surface area contributed by atoms with Crippen molar-refractivity contribution in [3.05, 3.63) is 29.3 Å². The minimum absolute atomic E-state index is 0.170. The lowest BCUT2D eigenvalue weighted by atomic mass is 10.1. The molecule has 0 aliphatic carbocycles. The Balaban J connectivity index is 1.54. The number of furan rings is 1. The molecule has 0 spiro atoms. The molecular weight excluding hydrogens is 338 g/mol. The van der Waals surface area contributed by atoms with Crippen LogP contribution in [0.1, 0.15) is 23.3 Å². The van der Waals surface area contributed by atoms with E-state index in [2.05, 4.69) is 26.4 Å². The van der Waals surface area contributed by atoms with Crippen molar-refractivity contribution in [2.45, 2.75) is 19.9 Å². The summed E-state index contributed by atoms with van der Waals surface area (Å²) in [5.41, 5.74) is 1.95. The van der Waals surface area contributed by atoms with Gasteiger partial charge in [0.25, 0.3) is 0 Å². The number of hydrogen-bond acceptors (Lipinski definition) is 7. The van der Waals surface area contributed by atoms with Gasteiger partial charge in [0, 0.05) is 26.7 Å². The highest BCUT2D eigenvalue weighted by molar-refractivity contribution is 7.22. The molecule has 1 fully saturated rings. The van der Waals surface area contributed by atoms with Crippen molar-refractivity contribution in [1.82, 2.24) is 19.7 Å². The van der Waals surface area contributed by atoms with Crippen LogP contribution >= 0.6 is 11.3 Å². The maximum atomic E-state index is 5.92. The van der Waals surface area contributed by atoms with Gasteiger partial charge in [-0.25, -0.2) is 9.67 Å². The summed E-state index contributed by atoms with van der Waals surface area (Å²) in [6.07, 6.45) is 0. The van der Waals surface area contributed by atoms with Crippen LogP contribution in [-0.2, 0) is 11.8 Å². The fraction of sp³-hybridized carbons (Fsp3) is 0.529. The first-order chi connectivity index (χ1) is 12.1. The smallest absolute Gasteiger partial charge is 0.185 e. The van der Waals surface area contributed by atoms with Gasteiger partial charge in [-0.15, -0.1) is 0 Å². The van der Waals surface area contributed by atoms with E-state index in [-0.39, 0.29) is 6.04 Å². The third-order valence-corrected chi connectivity index (χ3v) is 5.68. The van der Waals surface area contributed by atoms with E-state index in [1.54, 1.807) is 11.3 Å². The summed E-state index contributed by atoms with van der Waals surface area (Å²) in [7, 11) is 1.93. The van der Waals surface area contributed by atoms with Crippen LogP contribution in [0.3, 0.4) is 0 Å². The van der Waals surface area contributed by atoms with Gasteiger partial charge in [0.15, 0.2) is 10.8 Å². The Morgan fingerprint density at radius 2 is 2.08 bits per heavy atom. The average molecular weight is 361 g/mol. The van der Waals surface area contributed by atoms with E-state index >= 15 is 0 Å². The lowest BCUT2D eigenvalue weighted by molar-refractivity contribution is 0.0143. The van der Waals surface area contributed by atoms with E-state index in [1.807, 2.05) is 31.6 Å². The van der Waals surface area contributed by atoms with Crippen molar-refractivity contribution in [2.75, 3.05) is 38.2 Å². The average Bonchev–Trinajstić information content (AvgIpc) is 3.28. The van der Waals surface area contributed by atoms with Crippen LogP contribution in [0, 0.1) is 13.8 Å². The van der Waals surface area contributed by atoms with E-state index in [0.29, 0.717) is 0 Å². The fourth-order valence-electron chi connectivity index (χ4n) is 3.28. The van der Waals surface area contributed by atoms with E-state index in [1.165, 1.54) is 0 Å². The zero-order valence-corrected chi connectivity index (χ0v) is 15.6. The van der Waals surface area contributed by atoms with Crippen LogP contribution in [0.15, 0.2) is 16.5 Å². The molecule has 7 nitrogen and oxygen atoms in total.